The molecule has 5 nitrogen and oxygen atoms in total. The van der Waals surface area contributed by atoms with E-state index in [4.69, 9.17) is 0 Å². The van der Waals surface area contributed by atoms with Crippen LogP contribution in [-0.4, -0.2) is 27.1 Å². The Labute approximate surface area is 138 Å². The highest BCUT2D eigenvalue weighted by Gasteiger charge is 2.18. The molecule has 0 saturated heterocycles. The molecule has 0 radical (unpaired) electrons. The number of nitrogens with one attached hydrogen (secondary N) is 2. The molecule has 1 heterocycles. The molecular formula is C16H20BrN3O2. The lowest BCUT2D eigenvalue weighted by atomic mass is 10.0. The van der Waals surface area contributed by atoms with Gasteiger partial charge in [-0.3, -0.25) is 10.1 Å². The standard InChI is InChI=1S/C16H20BrN3O2/c1-10(2)7-13(16(21)22)18-9-15-19-8-14(20-15)11-3-5-12(17)6-4-11/h3-6,8,10,13,18H,7,9H2,1-2H3,(H,19,20)(H,21,22)/t13-/m0/s1. The molecule has 0 unspecified atom stereocenters. The van der Waals surface area contributed by atoms with Crippen molar-refractivity contribution in [1.29, 1.82) is 0 Å². The van der Waals surface area contributed by atoms with Gasteiger partial charge in [0.1, 0.15) is 11.9 Å². The summed E-state index contributed by atoms with van der Waals surface area (Å²) in [5, 5.41) is 12.3. The molecule has 2 aromatic rings. The second-order valence-corrected chi connectivity index (χ2v) is 6.57. The molecule has 118 valence electrons. The number of aromatic nitrogens is 2. The summed E-state index contributed by atoms with van der Waals surface area (Å²) in [6.45, 7) is 4.42. The van der Waals surface area contributed by atoms with E-state index in [9.17, 15) is 9.90 Å². The largest absolute Gasteiger partial charge is 0.480 e. The van der Waals surface area contributed by atoms with Crippen LogP contribution in [0.2, 0.25) is 0 Å². The highest BCUT2D eigenvalue weighted by molar-refractivity contribution is 9.10. The van der Waals surface area contributed by atoms with Gasteiger partial charge in [-0.15, -0.1) is 0 Å². The molecule has 0 saturated carbocycles. The summed E-state index contributed by atoms with van der Waals surface area (Å²) >= 11 is 3.41. The molecule has 0 bridgehead atoms. The van der Waals surface area contributed by atoms with Crippen LogP contribution in [0.4, 0.5) is 0 Å². The molecule has 1 atom stereocenters. The lowest BCUT2D eigenvalue weighted by Crippen LogP contribution is -2.37. The van der Waals surface area contributed by atoms with E-state index in [2.05, 4.69) is 31.2 Å². The number of hydrogen-bond donors (Lipinski definition) is 3. The first-order valence-corrected chi connectivity index (χ1v) is 8.01. The first-order chi connectivity index (χ1) is 10.5. The number of rotatable bonds is 7. The third-order valence-corrected chi connectivity index (χ3v) is 3.83. The van der Waals surface area contributed by atoms with Crippen LogP contribution >= 0.6 is 15.9 Å². The highest BCUT2D eigenvalue weighted by Crippen LogP contribution is 2.20. The molecule has 6 heteroatoms. The van der Waals surface area contributed by atoms with Crippen LogP contribution in [0.15, 0.2) is 34.9 Å². The highest BCUT2D eigenvalue weighted by atomic mass is 79.9. The quantitative estimate of drug-likeness (QED) is 0.702. The van der Waals surface area contributed by atoms with Crippen LogP contribution in [0.1, 0.15) is 26.1 Å². The number of carboxylic acids is 1. The summed E-state index contributed by atoms with van der Waals surface area (Å²) in [4.78, 5) is 18.7. The molecule has 1 aromatic carbocycles. The number of nitrogens with zero attached hydrogens (tertiary/aromatic N) is 1. The fourth-order valence-electron chi connectivity index (χ4n) is 2.19. The Hall–Kier alpha value is -1.66. The number of H-pyrrole nitrogens is 1. The molecule has 0 spiro atoms. The summed E-state index contributed by atoms with van der Waals surface area (Å²) in [7, 11) is 0. The fourth-order valence-corrected chi connectivity index (χ4v) is 2.46. The van der Waals surface area contributed by atoms with Crippen LogP contribution in [0, 0.1) is 5.92 Å². The molecule has 0 amide bonds. The second-order valence-electron chi connectivity index (χ2n) is 5.65. The summed E-state index contributed by atoms with van der Waals surface area (Å²) in [5.41, 5.74) is 1.96. The molecule has 3 N–H and O–H groups in total. The SMILES string of the molecule is CC(C)C[C@H](NCc1ncc(-c2ccc(Br)cc2)[nH]1)C(=O)O. The van der Waals surface area contributed by atoms with E-state index in [0.717, 1.165) is 21.6 Å². The van der Waals surface area contributed by atoms with Crippen molar-refractivity contribution in [3.8, 4) is 11.3 Å². The minimum atomic E-state index is -0.826. The Bertz CT molecular complexity index is 623. The Balaban J connectivity index is 1.99. The monoisotopic (exact) mass is 365 g/mol. The van der Waals surface area contributed by atoms with Gasteiger partial charge in [-0.05, 0) is 30.0 Å². The van der Waals surface area contributed by atoms with Gasteiger partial charge in [0.25, 0.3) is 0 Å². The van der Waals surface area contributed by atoms with Gasteiger partial charge >= 0.3 is 5.97 Å². The first-order valence-electron chi connectivity index (χ1n) is 7.21. The van der Waals surface area contributed by atoms with Gasteiger partial charge < -0.3 is 10.1 Å². The smallest absolute Gasteiger partial charge is 0.320 e. The molecular weight excluding hydrogens is 346 g/mol. The van der Waals surface area contributed by atoms with Crippen molar-refractivity contribution in [3.05, 3.63) is 40.8 Å². The molecule has 0 aliphatic carbocycles. The number of carbonyl (C=O) groups is 1. The number of imidazole rings is 1. The van der Waals surface area contributed by atoms with Crippen LogP contribution in [0.5, 0.6) is 0 Å². The third kappa shape index (κ3) is 4.68. The minimum Gasteiger partial charge on any atom is -0.480 e. The number of hydrogen-bond acceptors (Lipinski definition) is 3. The van der Waals surface area contributed by atoms with Crippen molar-refractivity contribution in [2.24, 2.45) is 5.92 Å². The number of halogens is 1. The number of aromatic amines is 1. The number of benzene rings is 1. The average molecular weight is 366 g/mol. The summed E-state index contributed by atoms with van der Waals surface area (Å²) in [6, 6.07) is 7.37. The summed E-state index contributed by atoms with van der Waals surface area (Å²) < 4.78 is 1.02. The van der Waals surface area contributed by atoms with Crippen molar-refractivity contribution in [1.82, 2.24) is 15.3 Å². The lowest BCUT2D eigenvalue weighted by Gasteiger charge is -2.15. The Morgan fingerprint density at radius 2 is 2.05 bits per heavy atom. The topological polar surface area (TPSA) is 78.0 Å². The molecule has 1 aromatic heterocycles. The maximum absolute atomic E-state index is 11.2. The van der Waals surface area contributed by atoms with Gasteiger partial charge in [-0.25, -0.2) is 4.98 Å². The average Bonchev–Trinajstić information content (AvgIpc) is 2.92. The van der Waals surface area contributed by atoms with E-state index >= 15 is 0 Å². The zero-order chi connectivity index (χ0) is 16.1. The van der Waals surface area contributed by atoms with E-state index in [1.54, 1.807) is 6.20 Å². The van der Waals surface area contributed by atoms with Crippen LogP contribution in [-0.2, 0) is 11.3 Å². The van der Waals surface area contributed by atoms with Crippen molar-refractivity contribution >= 4 is 21.9 Å². The molecule has 2 rings (SSSR count). The molecule has 0 fully saturated rings. The molecule has 0 aliphatic heterocycles. The van der Waals surface area contributed by atoms with Crippen LogP contribution < -0.4 is 5.32 Å². The second kappa shape index (κ2) is 7.56. The maximum Gasteiger partial charge on any atom is 0.320 e. The van der Waals surface area contributed by atoms with E-state index < -0.39 is 12.0 Å². The number of aliphatic carboxylic acids is 1. The zero-order valence-corrected chi connectivity index (χ0v) is 14.2. The van der Waals surface area contributed by atoms with E-state index in [1.807, 2.05) is 38.1 Å². The third-order valence-electron chi connectivity index (χ3n) is 3.30. The molecule has 22 heavy (non-hydrogen) atoms. The van der Waals surface area contributed by atoms with Gasteiger partial charge in [0, 0.05) is 4.47 Å². The van der Waals surface area contributed by atoms with Crippen LogP contribution in [0.25, 0.3) is 11.3 Å². The van der Waals surface area contributed by atoms with Crippen molar-refractivity contribution in [2.75, 3.05) is 0 Å². The van der Waals surface area contributed by atoms with Gasteiger partial charge in [0.05, 0.1) is 18.4 Å². The Kier molecular flexibility index (Phi) is 5.74. The van der Waals surface area contributed by atoms with Gasteiger partial charge in [-0.2, -0.15) is 0 Å². The Morgan fingerprint density at radius 1 is 1.36 bits per heavy atom. The maximum atomic E-state index is 11.2. The normalized spacial score (nSPS) is 12.5. The van der Waals surface area contributed by atoms with Gasteiger partial charge in [0.15, 0.2) is 0 Å². The van der Waals surface area contributed by atoms with E-state index in [-0.39, 0.29) is 0 Å². The van der Waals surface area contributed by atoms with Gasteiger partial charge in [-0.1, -0.05) is 41.9 Å². The Morgan fingerprint density at radius 3 is 2.64 bits per heavy atom. The summed E-state index contributed by atoms with van der Waals surface area (Å²) in [6.07, 6.45) is 2.36. The fraction of sp³-hybridized carbons (Fsp3) is 0.375. The predicted octanol–water partition coefficient (Wildman–Crippen LogP) is 3.43. The lowest BCUT2D eigenvalue weighted by molar-refractivity contribution is -0.140. The minimum absolute atomic E-state index is 0.323. The summed E-state index contributed by atoms with van der Waals surface area (Å²) in [5.74, 6) is 0.227. The van der Waals surface area contributed by atoms with Crippen molar-refractivity contribution in [3.63, 3.8) is 0 Å². The first kappa shape index (κ1) is 16.7. The van der Waals surface area contributed by atoms with Crippen molar-refractivity contribution < 1.29 is 9.90 Å². The van der Waals surface area contributed by atoms with Crippen molar-refractivity contribution in [2.45, 2.75) is 32.9 Å². The zero-order valence-electron chi connectivity index (χ0n) is 12.6. The van der Waals surface area contributed by atoms with E-state index in [0.29, 0.717) is 18.9 Å². The molecule has 0 aliphatic rings. The predicted molar refractivity (Wildman–Crippen MR) is 89.4 cm³/mol. The number of carboxylic acid groups (broad SMARTS) is 1. The van der Waals surface area contributed by atoms with E-state index in [1.165, 1.54) is 0 Å². The van der Waals surface area contributed by atoms with Gasteiger partial charge in [0.2, 0.25) is 0 Å². The van der Waals surface area contributed by atoms with Crippen LogP contribution in [0.3, 0.4) is 0 Å².